The highest BCUT2D eigenvalue weighted by atomic mass is 32.2. The van der Waals surface area contributed by atoms with Crippen molar-refractivity contribution in [2.45, 2.75) is 18.9 Å². The lowest BCUT2D eigenvalue weighted by Crippen LogP contribution is -2.42. The third-order valence-corrected chi connectivity index (χ3v) is 2.60. The molecular weight excluding hydrogens is 216 g/mol. The van der Waals surface area contributed by atoms with Crippen molar-refractivity contribution in [3.63, 3.8) is 0 Å². The Morgan fingerprint density at radius 2 is 2.00 bits per heavy atom. The number of aliphatic hydroxyl groups is 1. The highest BCUT2D eigenvalue weighted by molar-refractivity contribution is 7.90. The van der Waals surface area contributed by atoms with Crippen LogP contribution in [0, 0.1) is 0 Å². The molecule has 7 heteroatoms. The summed E-state index contributed by atoms with van der Waals surface area (Å²) in [6.07, 6.45) is 1.04. The summed E-state index contributed by atoms with van der Waals surface area (Å²) in [5.41, 5.74) is 0. The SMILES string of the molecule is CC(CS(C)(=O)=O)NCC(F)(F)CO. The van der Waals surface area contributed by atoms with E-state index in [1.54, 1.807) is 0 Å². The van der Waals surface area contributed by atoms with E-state index in [1.165, 1.54) is 6.92 Å². The molecule has 0 radical (unpaired) electrons. The smallest absolute Gasteiger partial charge is 0.282 e. The highest BCUT2D eigenvalue weighted by Gasteiger charge is 2.28. The van der Waals surface area contributed by atoms with Gasteiger partial charge in [-0.3, -0.25) is 0 Å². The van der Waals surface area contributed by atoms with Crippen molar-refractivity contribution in [1.29, 1.82) is 0 Å². The zero-order valence-electron chi connectivity index (χ0n) is 8.13. The van der Waals surface area contributed by atoms with Gasteiger partial charge in [-0.1, -0.05) is 0 Å². The molecule has 0 aromatic rings. The fraction of sp³-hybridized carbons (Fsp3) is 1.00. The van der Waals surface area contributed by atoms with Gasteiger partial charge in [0.05, 0.1) is 12.3 Å². The molecule has 0 spiro atoms. The Kier molecular flexibility index (Phi) is 4.90. The summed E-state index contributed by atoms with van der Waals surface area (Å²) in [5.74, 6) is -3.40. The second-order valence-electron chi connectivity index (χ2n) is 3.39. The number of sulfone groups is 1. The number of halogens is 2. The van der Waals surface area contributed by atoms with Gasteiger partial charge in [0.25, 0.3) is 5.92 Å². The molecular formula is C7H15F2NO3S. The zero-order valence-corrected chi connectivity index (χ0v) is 8.94. The quantitative estimate of drug-likeness (QED) is 0.655. The first-order valence-electron chi connectivity index (χ1n) is 4.06. The van der Waals surface area contributed by atoms with Crippen molar-refractivity contribution < 1.29 is 22.3 Å². The van der Waals surface area contributed by atoms with Crippen molar-refractivity contribution >= 4 is 9.84 Å². The van der Waals surface area contributed by atoms with Gasteiger partial charge >= 0.3 is 0 Å². The van der Waals surface area contributed by atoms with E-state index < -0.39 is 35.0 Å². The van der Waals surface area contributed by atoms with Crippen molar-refractivity contribution in [3.05, 3.63) is 0 Å². The molecule has 86 valence electrons. The van der Waals surface area contributed by atoms with Crippen LogP contribution >= 0.6 is 0 Å². The van der Waals surface area contributed by atoms with Crippen molar-refractivity contribution in [2.24, 2.45) is 0 Å². The average molecular weight is 231 g/mol. The summed E-state index contributed by atoms with van der Waals surface area (Å²) < 4.78 is 46.5. The molecule has 0 aliphatic rings. The maximum atomic E-state index is 12.5. The lowest BCUT2D eigenvalue weighted by molar-refractivity contribution is -0.0486. The Labute approximate surface area is 82.2 Å². The molecule has 0 aromatic heterocycles. The van der Waals surface area contributed by atoms with E-state index in [9.17, 15) is 17.2 Å². The second-order valence-corrected chi connectivity index (χ2v) is 5.57. The van der Waals surface area contributed by atoms with Crippen LogP contribution in [0.25, 0.3) is 0 Å². The van der Waals surface area contributed by atoms with Crippen molar-refractivity contribution in [1.82, 2.24) is 5.32 Å². The third-order valence-electron chi connectivity index (χ3n) is 1.49. The minimum Gasteiger partial charge on any atom is -0.390 e. The Balaban J connectivity index is 3.92. The van der Waals surface area contributed by atoms with Gasteiger partial charge in [-0.25, -0.2) is 17.2 Å². The van der Waals surface area contributed by atoms with Crippen LogP contribution in [0.5, 0.6) is 0 Å². The van der Waals surface area contributed by atoms with Crippen molar-refractivity contribution in [2.75, 3.05) is 25.2 Å². The molecule has 0 heterocycles. The van der Waals surface area contributed by atoms with E-state index in [0.29, 0.717) is 0 Å². The first kappa shape index (κ1) is 13.7. The number of hydrogen-bond acceptors (Lipinski definition) is 4. The van der Waals surface area contributed by atoms with Crippen LogP contribution in [0.15, 0.2) is 0 Å². The van der Waals surface area contributed by atoms with Crippen LogP contribution in [-0.4, -0.2) is 50.6 Å². The summed E-state index contributed by atoms with van der Waals surface area (Å²) in [6.45, 7) is -0.472. The lowest BCUT2D eigenvalue weighted by atomic mass is 10.3. The molecule has 0 amide bonds. The Bertz CT molecular complexity index is 266. The largest absolute Gasteiger partial charge is 0.390 e. The first-order chi connectivity index (χ1) is 6.16. The zero-order chi connectivity index (χ0) is 11.4. The third kappa shape index (κ3) is 7.16. The van der Waals surface area contributed by atoms with Crippen LogP contribution in [0.1, 0.15) is 6.92 Å². The predicted octanol–water partition coefficient (Wildman–Crippen LogP) is -0.363. The topological polar surface area (TPSA) is 66.4 Å². The number of rotatable bonds is 6. The van der Waals surface area contributed by atoms with E-state index in [-0.39, 0.29) is 5.75 Å². The fourth-order valence-electron chi connectivity index (χ4n) is 0.893. The molecule has 4 nitrogen and oxygen atoms in total. The number of alkyl halides is 2. The maximum Gasteiger partial charge on any atom is 0.282 e. The molecule has 2 N–H and O–H groups in total. The van der Waals surface area contributed by atoms with Crippen LogP contribution in [0.2, 0.25) is 0 Å². The lowest BCUT2D eigenvalue weighted by Gasteiger charge is -2.17. The molecule has 1 unspecified atom stereocenters. The Morgan fingerprint density at radius 1 is 1.50 bits per heavy atom. The minimum atomic E-state index is -3.20. The van der Waals surface area contributed by atoms with Crippen LogP contribution in [-0.2, 0) is 9.84 Å². The van der Waals surface area contributed by atoms with Crippen LogP contribution in [0.4, 0.5) is 8.78 Å². The average Bonchev–Trinajstić information content (AvgIpc) is 1.98. The predicted molar refractivity (Wildman–Crippen MR) is 49.2 cm³/mol. The van der Waals surface area contributed by atoms with Crippen LogP contribution in [0.3, 0.4) is 0 Å². The molecule has 0 saturated carbocycles. The summed E-state index contributed by atoms with van der Waals surface area (Å²) in [4.78, 5) is 0. The number of hydrogen-bond donors (Lipinski definition) is 2. The van der Waals surface area contributed by atoms with Gasteiger partial charge in [0, 0.05) is 12.3 Å². The summed E-state index contributed by atoms with van der Waals surface area (Å²) >= 11 is 0. The maximum absolute atomic E-state index is 12.5. The standard InChI is InChI=1S/C7H15F2NO3S/c1-6(3-14(2,12)13)10-4-7(8,9)5-11/h6,10-11H,3-5H2,1-2H3. The van der Waals surface area contributed by atoms with Gasteiger partial charge in [0.15, 0.2) is 0 Å². The molecule has 0 aliphatic carbocycles. The van der Waals surface area contributed by atoms with E-state index in [1.807, 2.05) is 0 Å². The van der Waals surface area contributed by atoms with E-state index in [0.717, 1.165) is 6.26 Å². The van der Waals surface area contributed by atoms with Gasteiger partial charge in [-0.15, -0.1) is 0 Å². The Morgan fingerprint density at radius 3 is 2.36 bits per heavy atom. The normalized spacial score (nSPS) is 15.5. The van der Waals surface area contributed by atoms with Gasteiger partial charge in [0.2, 0.25) is 0 Å². The molecule has 0 rings (SSSR count). The molecule has 0 aromatic carbocycles. The summed E-state index contributed by atoms with van der Waals surface area (Å²) in [6, 6.07) is -0.553. The number of nitrogens with one attached hydrogen (secondary N) is 1. The van der Waals surface area contributed by atoms with E-state index in [4.69, 9.17) is 5.11 Å². The van der Waals surface area contributed by atoms with E-state index >= 15 is 0 Å². The first-order valence-corrected chi connectivity index (χ1v) is 6.12. The molecule has 0 fully saturated rings. The van der Waals surface area contributed by atoms with Gasteiger partial charge in [-0.2, -0.15) is 0 Å². The highest BCUT2D eigenvalue weighted by Crippen LogP contribution is 2.10. The Hall–Kier alpha value is -0.270. The fourth-order valence-corrected chi connectivity index (χ4v) is 1.92. The van der Waals surface area contributed by atoms with Gasteiger partial charge in [-0.05, 0) is 6.92 Å². The number of aliphatic hydroxyl groups excluding tert-OH is 1. The molecule has 0 bridgehead atoms. The van der Waals surface area contributed by atoms with Gasteiger partial charge < -0.3 is 10.4 Å². The molecule has 0 aliphatic heterocycles. The van der Waals surface area contributed by atoms with E-state index in [2.05, 4.69) is 5.32 Å². The van der Waals surface area contributed by atoms with Crippen molar-refractivity contribution in [3.8, 4) is 0 Å². The summed E-state index contributed by atoms with van der Waals surface area (Å²) in [7, 11) is -3.17. The summed E-state index contributed by atoms with van der Waals surface area (Å²) in [5, 5.41) is 10.6. The molecule has 1 atom stereocenters. The molecule has 14 heavy (non-hydrogen) atoms. The minimum absolute atomic E-state index is 0.200. The van der Waals surface area contributed by atoms with Gasteiger partial charge in [0.1, 0.15) is 16.4 Å². The van der Waals surface area contributed by atoms with Crippen LogP contribution < -0.4 is 5.32 Å². The second kappa shape index (κ2) is 4.99. The monoisotopic (exact) mass is 231 g/mol. The molecule has 0 saturated heterocycles.